The first kappa shape index (κ1) is 21.1. The Kier molecular flexibility index (Phi) is 5.84. The van der Waals surface area contributed by atoms with Crippen molar-refractivity contribution in [3.63, 3.8) is 0 Å². The first-order chi connectivity index (χ1) is 14.9. The largest absolute Gasteiger partial charge is 0.508 e. The Morgan fingerprint density at radius 1 is 1.13 bits per heavy atom. The molecule has 0 radical (unpaired) electrons. The third-order valence-electron chi connectivity index (χ3n) is 5.19. The summed E-state index contributed by atoms with van der Waals surface area (Å²) in [5.74, 6) is 0.472. The van der Waals surface area contributed by atoms with Gasteiger partial charge in [0.25, 0.3) is 0 Å². The number of rotatable bonds is 5. The molecule has 1 aliphatic heterocycles. The molecule has 4 atom stereocenters. The number of phenolic OH excluding ortho intramolecular Hbond substituents is 1. The van der Waals surface area contributed by atoms with Crippen LogP contribution in [0.15, 0.2) is 51.9 Å². The minimum Gasteiger partial charge on any atom is -0.508 e. The minimum absolute atomic E-state index is 0.0563. The van der Waals surface area contributed by atoms with Gasteiger partial charge in [0.1, 0.15) is 46.7 Å². The highest BCUT2D eigenvalue weighted by Gasteiger charge is 2.37. The van der Waals surface area contributed by atoms with Crippen molar-refractivity contribution in [1.82, 2.24) is 0 Å². The number of aromatic hydroxyl groups is 1. The SMILES string of the molecule is COc1cc(O[C@H]2O[C@@H](CO)[C@H](O)C[C@@H]2O)c2c(=O)c(-c3ccc(O)cc3)coc2c1. The second-order valence-corrected chi connectivity index (χ2v) is 7.24. The van der Waals surface area contributed by atoms with Crippen LogP contribution in [0.1, 0.15) is 6.42 Å². The molecule has 4 rings (SSSR count). The van der Waals surface area contributed by atoms with Crippen LogP contribution in [0.5, 0.6) is 17.2 Å². The second kappa shape index (κ2) is 8.56. The lowest BCUT2D eigenvalue weighted by atomic mass is 10.0. The van der Waals surface area contributed by atoms with Crippen LogP contribution in [0.4, 0.5) is 0 Å². The van der Waals surface area contributed by atoms with Crippen LogP contribution in [-0.4, -0.2) is 58.7 Å². The van der Waals surface area contributed by atoms with Gasteiger partial charge in [0.2, 0.25) is 11.7 Å². The van der Waals surface area contributed by atoms with Gasteiger partial charge in [-0.3, -0.25) is 4.79 Å². The van der Waals surface area contributed by atoms with Crippen molar-refractivity contribution in [2.45, 2.75) is 31.0 Å². The van der Waals surface area contributed by atoms with Gasteiger partial charge in [0, 0.05) is 18.6 Å². The monoisotopic (exact) mass is 430 g/mol. The average molecular weight is 430 g/mol. The Morgan fingerprint density at radius 2 is 1.87 bits per heavy atom. The molecule has 164 valence electrons. The van der Waals surface area contributed by atoms with Gasteiger partial charge < -0.3 is 39.1 Å². The first-order valence-electron chi connectivity index (χ1n) is 9.63. The molecule has 0 bridgehead atoms. The van der Waals surface area contributed by atoms with E-state index in [4.69, 9.17) is 18.6 Å². The summed E-state index contributed by atoms with van der Waals surface area (Å²) in [5, 5.41) is 39.2. The van der Waals surface area contributed by atoms with Crippen LogP contribution < -0.4 is 14.9 Å². The summed E-state index contributed by atoms with van der Waals surface area (Å²) in [6, 6.07) is 9.07. The summed E-state index contributed by atoms with van der Waals surface area (Å²) in [6.07, 6.45) is -3.16. The zero-order chi connectivity index (χ0) is 22.1. The number of hydrogen-bond acceptors (Lipinski definition) is 9. The number of aliphatic hydroxyl groups is 3. The molecule has 31 heavy (non-hydrogen) atoms. The normalized spacial score (nSPS) is 23.6. The Morgan fingerprint density at radius 3 is 2.55 bits per heavy atom. The summed E-state index contributed by atoms with van der Waals surface area (Å²) in [5.41, 5.74) is 0.587. The van der Waals surface area contributed by atoms with Crippen LogP contribution >= 0.6 is 0 Å². The van der Waals surface area contributed by atoms with Crippen LogP contribution in [0.25, 0.3) is 22.1 Å². The molecule has 9 heteroatoms. The van der Waals surface area contributed by atoms with E-state index in [0.717, 1.165) is 0 Å². The fourth-order valence-electron chi connectivity index (χ4n) is 3.50. The van der Waals surface area contributed by atoms with Crippen LogP contribution in [0.2, 0.25) is 0 Å². The van der Waals surface area contributed by atoms with E-state index in [2.05, 4.69) is 0 Å². The van der Waals surface area contributed by atoms with E-state index in [1.54, 1.807) is 12.1 Å². The van der Waals surface area contributed by atoms with E-state index in [-0.39, 0.29) is 34.5 Å². The molecule has 0 aliphatic carbocycles. The maximum atomic E-state index is 13.3. The van der Waals surface area contributed by atoms with Gasteiger partial charge in [-0.2, -0.15) is 0 Å². The Labute approximate surface area is 176 Å². The molecule has 0 unspecified atom stereocenters. The molecule has 2 heterocycles. The summed E-state index contributed by atoms with van der Waals surface area (Å²) in [7, 11) is 1.44. The van der Waals surface area contributed by atoms with E-state index in [1.165, 1.54) is 37.6 Å². The third kappa shape index (κ3) is 4.08. The highest BCUT2D eigenvalue weighted by atomic mass is 16.7. The van der Waals surface area contributed by atoms with Gasteiger partial charge in [-0.1, -0.05) is 12.1 Å². The van der Waals surface area contributed by atoms with Gasteiger partial charge in [0.15, 0.2) is 0 Å². The highest BCUT2D eigenvalue weighted by Crippen LogP contribution is 2.33. The molecule has 1 saturated heterocycles. The quantitative estimate of drug-likeness (QED) is 0.473. The topological polar surface area (TPSA) is 139 Å². The lowest BCUT2D eigenvalue weighted by Gasteiger charge is -2.36. The van der Waals surface area contributed by atoms with Crippen LogP contribution in [-0.2, 0) is 4.74 Å². The molecule has 1 aromatic heterocycles. The molecule has 3 aromatic rings. The predicted octanol–water partition coefficient (Wildman–Crippen LogP) is 1.38. The molecular formula is C22H22O9. The predicted molar refractivity (Wildman–Crippen MR) is 109 cm³/mol. The molecule has 0 spiro atoms. The maximum Gasteiger partial charge on any atom is 0.226 e. The van der Waals surface area contributed by atoms with Gasteiger partial charge in [-0.15, -0.1) is 0 Å². The third-order valence-corrected chi connectivity index (χ3v) is 5.19. The molecule has 2 aromatic carbocycles. The lowest BCUT2D eigenvalue weighted by Crippen LogP contribution is -2.51. The standard InChI is InChI=1S/C22H22O9/c1-28-13-6-17-20(21(27)14(10-29-17)11-2-4-12(24)5-3-11)18(7-13)30-22-16(26)8-15(25)19(9-23)31-22/h2-7,10,15-16,19,22-26H,8-9H2,1H3/t15-,16+,19+,22+/m1/s1. The van der Waals surface area contributed by atoms with E-state index in [0.29, 0.717) is 11.3 Å². The summed E-state index contributed by atoms with van der Waals surface area (Å²) < 4.78 is 22.2. The van der Waals surface area contributed by atoms with Crippen molar-refractivity contribution in [2.24, 2.45) is 0 Å². The number of fused-ring (bicyclic) bond motifs is 1. The summed E-state index contributed by atoms with van der Waals surface area (Å²) in [4.78, 5) is 13.3. The van der Waals surface area contributed by atoms with Gasteiger partial charge in [-0.05, 0) is 17.7 Å². The molecule has 1 fully saturated rings. The van der Waals surface area contributed by atoms with Crippen molar-refractivity contribution in [3.05, 3.63) is 52.9 Å². The Hall–Kier alpha value is -3.11. The van der Waals surface area contributed by atoms with E-state index in [1.807, 2.05) is 0 Å². The molecule has 0 saturated carbocycles. The van der Waals surface area contributed by atoms with Crippen molar-refractivity contribution in [1.29, 1.82) is 0 Å². The van der Waals surface area contributed by atoms with Gasteiger partial charge >= 0.3 is 0 Å². The average Bonchev–Trinajstić information content (AvgIpc) is 2.76. The van der Waals surface area contributed by atoms with Gasteiger partial charge in [-0.25, -0.2) is 0 Å². The zero-order valence-corrected chi connectivity index (χ0v) is 16.6. The number of aliphatic hydroxyl groups excluding tert-OH is 3. The first-order valence-corrected chi connectivity index (χ1v) is 9.63. The molecule has 1 aliphatic rings. The number of hydrogen-bond donors (Lipinski definition) is 4. The molecule has 9 nitrogen and oxygen atoms in total. The number of ether oxygens (including phenoxy) is 3. The van der Waals surface area contributed by atoms with Crippen molar-refractivity contribution in [2.75, 3.05) is 13.7 Å². The lowest BCUT2D eigenvalue weighted by molar-refractivity contribution is -0.240. The number of methoxy groups -OCH3 is 1. The second-order valence-electron chi connectivity index (χ2n) is 7.24. The fraction of sp³-hybridized carbons (Fsp3) is 0.318. The number of phenols is 1. The van der Waals surface area contributed by atoms with Gasteiger partial charge in [0.05, 0.1) is 25.4 Å². The smallest absolute Gasteiger partial charge is 0.226 e. The fourth-order valence-corrected chi connectivity index (χ4v) is 3.50. The summed E-state index contributed by atoms with van der Waals surface area (Å²) in [6.45, 7) is -0.459. The number of benzene rings is 2. The molecule has 0 amide bonds. The van der Waals surface area contributed by atoms with Crippen LogP contribution in [0, 0.1) is 0 Å². The van der Waals surface area contributed by atoms with E-state index < -0.39 is 36.6 Å². The Bertz CT molecular complexity index is 1120. The van der Waals surface area contributed by atoms with E-state index >= 15 is 0 Å². The van der Waals surface area contributed by atoms with Crippen LogP contribution in [0.3, 0.4) is 0 Å². The highest BCUT2D eigenvalue weighted by molar-refractivity contribution is 5.88. The zero-order valence-electron chi connectivity index (χ0n) is 16.6. The maximum absolute atomic E-state index is 13.3. The molecule has 4 N–H and O–H groups in total. The molecular weight excluding hydrogens is 408 g/mol. The van der Waals surface area contributed by atoms with Crippen molar-refractivity contribution < 1.29 is 39.1 Å². The minimum atomic E-state index is -1.23. The van der Waals surface area contributed by atoms with E-state index in [9.17, 15) is 25.2 Å². The van der Waals surface area contributed by atoms with Crippen molar-refractivity contribution >= 4 is 11.0 Å². The summed E-state index contributed by atoms with van der Waals surface area (Å²) >= 11 is 0. The van der Waals surface area contributed by atoms with Crippen molar-refractivity contribution in [3.8, 4) is 28.4 Å². The Balaban J connectivity index is 1.80.